The highest BCUT2D eigenvalue weighted by atomic mass is 35.5. The number of aldehydes is 1. The van der Waals surface area contributed by atoms with Crippen LogP contribution in [-0.2, 0) is 10.3 Å². The summed E-state index contributed by atoms with van der Waals surface area (Å²) in [7, 11) is 2.08. The molecule has 5 heteroatoms. The van der Waals surface area contributed by atoms with Gasteiger partial charge in [-0.05, 0) is 24.8 Å². The summed E-state index contributed by atoms with van der Waals surface area (Å²) >= 11 is 6.92. The van der Waals surface area contributed by atoms with Crippen LogP contribution >= 0.6 is 11.6 Å². The van der Waals surface area contributed by atoms with Gasteiger partial charge in [-0.1, -0.05) is 41.9 Å². The molecule has 2 aliphatic heterocycles. The smallest absolute Gasteiger partial charge is 0.185 e. The van der Waals surface area contributed by atoms with Gasteiger partial charge in [0.15, 0.2) is 11.3 Å². The van der Waals surface area contributed by atoms with E-state index >= 15 is 0 Å². The first-order valence-electron chi connectivity index (χ1n) is 7.50. The van der Waals surface area contributed by atoms with E-state index in [0.29, 0.717) is 0 Å². The number of hydrogen-bond acceptors (Lipinski definition) is 4. The highest BCUT2D eigenvalue weighted by Crippen LogP contribution is 2.45. The van der Waals surface area contributed by atoms with Gasteiger partial charge in [-0.15, -0.1) is 0 Å². The molecule has 2 atom stereocenters. The normalized spacial score (nSPS) is 28.6. The minimum Gasteiger partial charge on any atom is -0.304 e. The van der Waals surface area contributed by atoms with Crippen LogP contribution in [0.3, 0.4) is 0 Å². The van der Waals surface area contributed by atoms with Crippen molar-refractivity contribution >= 4 is 24.1 Å². The van der Waals surface area contributed by atoms with Crippen molar-refractivity contribution in [3.05, 3.63) is 48.0 Å². The molecule has 1 fully saturated rings. The molecule has 1 aromatic carbocycles. The average Bonchev–Trinajstić information content (AvgIpc) is 3.07. The Morgan fingerprint density at radius 1 is 1.23 bits per heavy atom. The highest BCUT2D eigenvalue weighted by Gasteiger charge is 2.55. The molecule has 22 heavy (non-hydrogen) atoms. The van der Waals surface area contributed by atoms with Crippen LogP contribution in [0.4, 0.5) is 0 Å². The second-order valence-corrected chi connectivity index (χ2v) is 6.43. The first-order chi connectivity index (χ1) is 10.6. The zero-order valence-electron chi connectivity index (χ0n) is 12.7. The van der Waals surface area contributed by atoms with E-state index in [1.54, 1.807) is 6.21 Å². The monoisotopic (exact) mass is 317 g/mol. The summed E-state index contributed by atoms with van der Waals surface area (Å²) in [6, 6.07) is 9.80. The van der Waals surface area contributed by atoms with E-state index in [9.17, 15) is 4.79 Å². The summed E-state index contributed by atoms with van der Waals surface area (Å²) in [4.78, 5) is 19.8. The van der Waals surface area contributed by atoms with E-state index in [2.05, 4.69) is 16.9 Å². The van der Waals surface area contributed by atoms with E-state index in [0.717, 1.165) is 38.0 Å². The third-order valence-electron chi connectivity index (χ3n) is 4.57. The summed E-state index contributed by atoms with van der Waals surface area (Å²) in [5, 5.41) is 0. The Balaban J connectivity index is 2.04. The van der Waals surface area contributed by atoms with Crippen LogP contribution in [0.5, 0.6) is 0 Å². The van der Waals surface area contributed by atoms with Crippen LogP contribution in [0.15, 0.2) is 47.5 Å². The molecule has 116 valence electrons. The van der Waals surface area contributed by atoms with Crippen molar-refractivity contribution in [2.24, 2.45) is 4.99 Å². The molecule has 0 bridgehead atoms. The highest BCUT2D eigenvalue weighted by molar-refractivity contribution is 6.32. The van der Waals surface area contributed by atoms with Gasteiger partial charge in [-0.2, -0.15) is 0 Å². The van der Waals surface area contributed by atoms with Crippen LogP contribution in [-0.4, -0.2) is 60.5 Å². The van der Waals surface area contributed by atoms with Gasteiger partial charge >= 0.3 is 0 Å². The minimum atomic E-state index is -1.21. The molecule has 0 aliphatic carbocycles. The summed E-state index contributed by atoms with van der Waals surface area (Å²) in [5.74, 6) is 0. The molecular weight excluding hydrogens is 298 g/mol. The van der Waals surface area contributed by atoms with Crippen LogP contribution < -0.4 is 0 Å². The van der Waals surface area contributed by atoms with Crippen molar-refractivity contribution in [3.8, 4) is 0 Å². The molecule has 2 unspecified atom stereocenters. The van der Waals surface area contributed by atoms with Gasteiger partial charge in [-0.25, -0.2) is 0 Å². The Morgan fingerprint density at radius 3 is 2.45 bits per heavy atom. The van der Waals surface area contributed by atoms with Crippen molar-refractivity contribution in [2.75, 3.05) is 33.2 Å². The molecule has 0 radical (unpaired) electrons. The SMILES string of the molecule is CN1CCN(C(Cl)(C=O)C2(c3ccccc3)C=CC=N2)CC1. The molecule has 2 aliphatic rings. The molecule has 0 saturated carbocycles. The minimum absolute atomic E-state index is 0.747. The average molecular weight is 318 g/mol. The van der Waals surface area contributed by atoms with Crippen molar-refractivity contribution in [1.82, 2.24) is 9.80 Å². The first kappa shape index (κ1) is 15.4. The lowest BCUT2D eigenvalue weighted by molar-refractivity contribution is -0.117. The zero-order chi connectivity index (χ0) is 15.6. The number of aliphatic imine (C=N–C) groups is 1. The fourth-order valence-electron chi connectivity index (χ4n) is 3.20. The number of alkyl halides is 1. The van der Waals surface area contributed by atoms with E-state index < -0.39 is 10.5 Å². The molecule has 1 aromatic rings. The molecule has 1 saturated heterocycles. The predicted octanol–water partition coefficient (Wildman–Crippen LogP) is 1.90. The maximum atomic E-state index is 12.1. The second kappa shape index (κ2) is 5.95. The van der Waals surface area contributed by atoms with E-state index in [1.165, 1.54) is 0 Å². The van der Waals surface area contributed by atoms with Crippen LogP contribution in [0.2, 0.25) is 0 Å². The molecular formula is C17H20ClN3O. The van der Waals surface area contributed by atoms with Gasteiger partial charge in [0, 0.05) is 32.4 Å². The van der Waals surface area contributed by atoms with Crippen LogP contribution in [0.25, 0.3) is 0 Å². The third-order valence-corrected chi connectivity index (χ3v) is 5.19. The summed E-state index contributed by atoms with van der Waals surface area (Å²) in [5.41, 5.74) is 0.0639. The van der Waals surface area contributed by atoms with Gasteiger partial charge < -0.3 is 4.90 Å². The molecule has 3 rings (SSSR count). The Hall–Kier alpha value is -1.49. The Bertz CT molecular complexity index is 581. The lowest BCUT2D eigenvalue weighted by atomic mass is 9.82. The number of rotatable bonds is 4. The number of likely N-dealkylation sites (N-methyl/N-ethyl adjacent to an activating group) is 1. The van der Waals surface area contributed by atoms with E-state index in [-0.39, 0.29) is 0 Å². The molecule has 0 amide bonds. The number of hydrogen-bond donors (Lipinski definition) is 0. The molecule has 2 heterocycles. The van der Waals surface area contributed by atoms with Crippen LogP contribution in [0.1, 0.15) is 5.56 Å². The lowest BCUT2D eigenvalue weighted by Crippen LogP contribution is -2.62. The van der Waals surface area contributed by atoms with Crippen molar-refractivity contribution in [3.63, 3.8) is 0 Å². The lowest BCUT2D eigenvalue weighted by Gasteiger charge is -2.47. The number of carbonyl (C=O) groups is 1. The number of benzene rings is 1. The maximum Gasteiger partial charge on any atom is 0.185 e. The first-order valence-corrected chi connectivity index (χ1v) is 7.87. The van der Waals surface area contributed by atoms with Crippen molar-refractivity contribution in [2.45, 2.75) is 10.5 Å². The largest absolute Gasteiger partial charge is 0.304 e. The van der Waals surface area contributed by atoms with Gasteiger partial charge in [0.05, 0.1) is 0 Å². The molecule has 0 spiro atoms. The van der Waals surface area contributed by atoms with Gasteiger partial charge in [0.2, 0.25) is 0 Å². The number of piperazine rings is 1. The van der Waals surface area contributed by atoms with E-state index in [1.807, 2.05) is 47.4 Å². The van der Waals surface area contributed by atoms with Gasteiger partial charge in [-0.3, -0.25) is 14.7 Å². The number of carbonyl (C=O) groups excluding carboxylic acids is 1. The summed E-state index contributed by atoms with van der Waals surface area (Å²) in [6.07, 6.45) is 6.37. The van der Waals surface area contributed by atoms with E-state index in [4.69, 9.17) is 11.6 Å². The molecule has 0 aromatic heterocycles. The van der Waals surface area contributed by atoms with Crippen molar-refractivity contribution in [1.29, 1.82) is 0 Å². The van der Waals surface area contributed by atoms with Gasteiger partial charge in [0.25, 0.3) is 0 Å². The Labute approximate surface area is 136 Å². The van der Waals surface area contributed by atoms with Crippen LogP contribution in [0, 0.1) is 0 Å². The predicted molar refractivity (Wildman–Crippen MR) is 89.5 cm³/mol. The summed E-state index contributed by atoms with van der Waals surface area (Å²) in [6.45, 7) is 3.27. The topological polar surface area (TPSA) is 35.9 Å². The van der Waals surface area contributed by atoms with Gasteiger partial charge in [0.1, 0.15) is 5.54 Å². The Kier molecular flexibility index (Phi) is 4.17. The fraction of sp³-hybridized carbons (Fsp3) is 0.412. The quantitative estimate of drug-likeness (QED) is 0.483. The maximum absolute atomic E-state index is 12.1. The zero-order valence-corrected chi connectivity index (χ0v) is 13.4. The number of nitrogens with zero attached hydrogens (tertiary/aromatic N) is 3. The summed E-state index contributed by atoms with van der Waals surface area (Å²) < 4.78 is 0. The second-order valence-electron chi connectivity index (χ2n) is 5.85. The third kappa shape index (κ3) is 2.32. The Morgan fingerprint density at radius 2 is 1.91 bits per heavy atom. The number of halogens is 1. The standard InChI is InChI=1S/C17H20ClN3O/c1-20-10-12-21(13-11-20)17(18,14-22)16(8-5-9-19-16)15-6-3-2-4-7-15/h2-9,14H,10-13H2,1H3. The molecule has 0 N–H and O–H groups in total. The van der Waals surface area contributed by atoms with Crippen molar-refractivity contribution < 1.29 is 4.79 Å². The molecule has 4 nitrogen and oxygen atoms in total. The fourth-order valence-corrected chi connectivity index (χ4v) is 3.59. The number of allylic oxidation sites excluding steroid dienone is 1.